The molecule has 4 amide bonds. The third-order valence-electron chi connectivity index (χ3n) is 7.59. The molecule has 1 aliphatic rings. The second-order valence-electron chi connectivity index (χ2n) is 11.5. The van der Waals surface area contributed by atoms with Gasteiger partial charge in [0.1, 0.15) is 18.1 Å². The van der Waals surface area contributed by atoms with Crippen LogP contribution in [-0.2, 0) is 24.0 Å². The van der Waals surface area contributed by atoms with Crippen molar-refractivity contribution in [2.75, 3.05) is 45.8 Å². The van der Waals surface area contributed by atoms with E-state index in [2.05, 4.69) is 31.3 Å². The highest BCUT2D eigenvalue weighted by Gasteiger charge is 2.37. The molecule has 20 heteroatoms. The number of aliphatic imine (C=N–C) groups is 2. The number of guanidine groups is 2. The quantitative estimate of drug-likeness (QED) is 0.0272. The van der Waals surface area contributed by atoms with Crippen LogP contribution in [0.1, 0.15) is 57.8 Å². The lowest BCUT2D eigenvalue weighted by Gasteiger charge is -2.38. The first kappa shape index (κ1) is 41.8. The van der Waals surface area contributed by atoms with E-state index in [1.807, 2.05) is 0 Å². The third-order valence-corrected chi connectivity index (χ3v) is 7.59. The van der Waals surface area contributed by atoms with Crippen LogP contribution >= 0.6 is 0 Å². The first-order valence-electron chi connectivity index (χ1n) is 16.2. The molecule has 5 atom stereocenters. The van der Waals surface area contributed by atoms with Crippen molar-refractivity contribution in [1.82, 2.24) is 26.2 Å². The largest absolute Gasteiger partial charge is 0.480 e. The highest BCUT2D eigenvalue weighted by molar-refractivity contribution is 5.94. The Labute approximate surface area is 280 Å². The van der Waals surface area contributed by atoms with Gasteiger partial charge in [0.15, 0.2) is 11.9 Å². The Kier molecular flexibility index (Phi) is 20.1. The summed E-state index contributed by atoms with van der Waals surface area (Å²) in [6, 6.07) is -4.88. The molecule has 0 radical (unpaired) electrons. The molecule has 0 bridgehead atoms. The molecule has 0 spiro atoms. The maximum absolute atomic E-state index is 13.6. The number of carbonyl (C=O) groups excluding carboxylic acids is 4. The number of carboxylic acids is 1. The Hall–Kier alpha value is -4.27. The van der Waals surface area contributed by atoms with E-state index in [0.29, 0.717) is 64.6 Å². The molecule has 48 heavy (non-hydrogen) atoms. The minimum absolute atomic E-state index is 0.0203. The predicted octanol–water partition coefficient (Wildman–Crippen LogP) is -5.37. The Morgan fingerprint density at radius 1 is 0.792 bits per heavy atom. The number of nitrogens with two attached hydrogens (primary N) is 7. The Morgan fingerprint density at radius 3 is 2.00 bits per heavy atom. The number of aliphatic carboxylic acids is 1. The summed E-state index contributed by atoms with van der Waals surface area (Å²) < 4.78 is 0. The molecule has 1 heterocycles. The summed E-state index contributed by atoms with van der Waals surface area (Å²) >= 11 is 0. The summed E-state index contributed by atoms with van der Waals surface area (Å²) in [6.07, 6.45) is 3.73. The number of carbonyl (C=O) groups is 5. The normalized spacial score (nSPS) is 16.8. The first-order valence-corrected chi connectivity index (χ1v) is 16.2. The second-order valence-corrected chi connectivity index (χ2v) is 11.5. The van der Waals surface area contributed by atoms with Crippen LogP contribution in [0.15, 0.2) is 9.98 Å². The third kappa shape index (κ3) is 16.5. The van der Waals surface area contributed by atoms with E-state index in [4.69, 9.17) is 40.1 Å². The molecule has 0 aromatic rings. The molecule has 0 aromatic heterocycles. The fourth-order valence-electron chi connectivity index (χ4n) is 4.91. The standard InChI is InChI=1S/C28H56N14O6/c29-10-9-19(40-23(44)18(31)7-1-3-11-37-22(43)17(30)6-2-4-12-38-27(32)33)25(46)42-15-14-36-16-21(42)24(45)41-20(26(47)48)8-5-13-39-28(34)35/h17-21,36H,1-16,29-31H2,(H,37,43)(H,40,44)(H,41,45)(H,47,48)(H4,32,33,38)(H4,34,35,39)/t17-,18-,19-,20-,21-/m0/s1. The van der Waals surface area contributed by atoms with Crippen molar-refractivity contribution >= 4 is 41.5 Å². The number of nitrogens with zero attached hydrogens (tertiary/aromatic N) is 3. The molecule has 0 saturated carbocycles. The molecule has 0 unspecified atom stereocenters. The molecular weight excluding hydrogens is 628 g/mol. The lowest BCUT2D eigenvalue weighted by Crippen LogP contribution is -2.64. The van der Waals surface area contributed by atoms with Crippen LogP contribution in [0, 0.1) is 0 Å². The Balaban J connectivity index is 2.62. The number of piperazine rings is 1. The lowest BCUT2D eigenvalue weighted by atomic mass is 10.1. The van der Waals surface area contributed by atoms with Crippen LogP contribution in [0.5, 0.6) is 0 Å². The van der Waals surface area contributed by atoms with Gasteiger partial charge in [0.05, 0.1) is 12.1 Å². The van der Waals surface area contributed by atoms with E-state index in [-0.39, 0.29) is 56.8 Å². The maximum atomic E-state index is 13.6. The van der Waals surface area contributed by atoms with E-state index in [1.165, 1.54) is 4.90 Å². The van der Waals surface area contributed by atoms with Crippen molar-refractivity contribution in [3.05, 3.63) is 0 Å². The van der Waals surface area contributed by atoms with Crippen LogP contribution in [0.3, 0.4) is 0 Å². The van der Waals surface area contributed by atoms with Gasteiger partial charge in [-0.3, -0.25) is 29.2 Å². The fraction of sp³-hybridized carbons (Fsp3) is 0.750. The van der Waals surface area contributed by atoms with Crippen LogP contribution in [0.25, 0.3) is 0 Å². The van der Waals surface area contributed by atoms with E-state index < -0.39 is 53.9 Å². The first-order chi connectivity index (χ1) is 22.8. The van der Waals surface area contributed by atoms with Crippen LogP contribution in [-0.4, -0.2) is 128 Å². The minimum Gasteiger partial charge on any atom is -0.480 e. The highest BCUT2D eigenvalue weighted by atomic mass is 16.4. The highest BCUT2D eigenvalue weighted by Crippen LogP contribution is 2.11. The van der Waals surface area contributed by atoms with E-state index in [1.54, 1.807) is 0 Å². The van der Waals surface area contributed by atoms with Crippen LogP contribution in [0.2, 0.25) is 0 Å². The zero-order chi connectivity index (χ0) is 36.1. The number of hydrogen-bond acceptors (Lipinski definition) is 11. The predicted molar refractivity (Wildman–Crippen MR) is 181 cm³/mol. The number of nitrogens with one attached hydrogen (secondary N) is 4. The fourth-order valence-corrected chi connectivity index (χ4v) is 4.91. The maximum Gasteiger partial charge on any atom is 0.326 e. The van der Waals surface area contributed by atoms with E-state index in [0.717, 1.165) is 0 Å². The summed E-state index contributed by atoms with van der Waals surface area (Å²) in [6.45, 7) is 1.71. The van der Waals surface area contributed by atoms with Crippen molar-refractivity contribution in [3.63, 3.8) is 0 Å². The summed E-state index contributed by atoms with van der Waals surface area (Å²) in [5, 5.41) is 20.6. The van der Waals surface area contributed by atoms with Gasteiger partial charge in [-0.1, -0.05) is 0 Å². The van der Waals surface area contributed by atoms with Gasteiger partial charge in [0.25, 0.3) is 0 Å². The van der Waals surface area contributed by atoms with Gasteiger partial charge in [0.2, 0.25) is 23.6 Å². The molecule has 20 nitrogen and oxygen atoms in total. The number of carboxylic acid groups (broad SMARTS) is 1. The minimum atomic E-state index is -1.24. The van der Waals surface area contributed by atoms with Crippen molar-refractivity contribution in [2.24, 2.45) is 50.1 Å². The molecule has 1 aliphatic heterocycles. The van der Waals surface area contributed by atoms with Gasteiger partial charge in [-0.05, 0) is 64.3 Å². The average molecular weight is 685 g/mol. The topological polar surface area (TPSA) is 364 Å². The van der Waals surface area contributed by atoms with Gasteiger partial charge >= 0.3 is 5.97 Å². The Morgan fingerprint density at radius 2 is 1.40 bits per heavy atom. The SMILES string of the molecule is NCC[C@H](NC(=O)[C@@H](N)CCCCNC(=O)[C@@H](N)CCCCN=C(N)N)C(=O)N1CCNC[C@H]1C(=O)N[C@@H](CCCN=C(N)N)C(=O)O. The van der Waals surface area contributed by atoms with Gasteiger partial charge in [-0.15, -0.1) is 0 Å². The van der Waals surface area contributed by atoms with Crippen LogP contribution in [0.4, 0.5) is 0 Å². The van der Waals surface area contributed by atoms with Gasteiger partial charge in [0, 0.05) is 39.3 Å². The molecule has 1 fully saturated rings. The number of unbranched alkanes of at least 4 members (excludes halogenated alkanes) is 2. The molecule has 19 N–H and O–H groups in total. The zero-order valence-electron chi connectivity index (χ0n) is 27.6. The summed E-state index contributed by atoms with van der Waals surface area (Å²) in [4.78, 5) is 72.7. The summed E-state index contributed by atoms with van der Waals surface area (Å²) in [5.41, 5.74) is 38.9. The van der Waals surface area contributed by atoms with Gasteiger partial charge in [-0.2, -0.15) is 0 Å². The molecule has 0 aromatic carbocycles. The lowest BCUT2D eigenvalue weighted by molar-refractivity contribution is -0.147. The molecule has 1 saturated heterocycles. The number of hydrogen-bond donors (Lipinski definition) is 12. The van der Waals surface area contributed by atoms with Gasteiger partial charge < -0.3 is 71.4 Å². The van der Waals surface area contributed by atoms with E-state index >= 15 is 0 Å². The number of amides is 4. The second kappa shape index (κ2) is 23.1. The molecule has 274 valence electrons. The van der Waals surface area contributed by atoms with Crippen molar-refractivity contribution in [3.8, 4) is 0 Å². The Bertz CT molecular complexity index is 1100. The average Bonchev–Trinajstić information content (AvgIpc) is 3.04. The van der Waals surface area contributed by atoms with E-state index in [9.17, 15) is 29.1 Å². The molecule has 1 rings (SSSR count). The smallest absolute Gasteiger partial charge is 0.326 e. The summed E-state index contributed by atoms with van der Waals surface area (Å²) in [7, 11) is 0. The summed E-state index contributed by atoms with van der Waals surface area (Å²) in [5.74, 6) is -3.37. The number of rotatable bonds is 23. The van der Waals surface area contributed by atoms with Crippen molar-refractivity contribution in [1.29, 1.82) is 0 Å². The molecular formula is C28H56N14O6. The molecule has 0 aliphatic carbocycles. The van der Waals surface area contributed by atoms with Crippen molar-refractivity contribution < 1.29 is 29.1 Å². The zero-order valence-corrected chi connectivity index (χ0v) is 27.6. The monoisotopic (exact) mass is 684 g/mol. The van der Waals surface area contributed by atoms with Crippen molar-refractivity contribution in [2.45, 2.75) is 88.0 Å². The van der Waals surface area contributed by atoms with Crippen LogP contribution < -0.4 is 61.4 Å². The van der Waals surface area contributed by atoms with Gasteiger partial charge in [-0.25, -0.2) is 4.79 Å².